The molecule has 1 saturated carbocycles. The fourth-order valence-corrected chi connectivity index (χ4v) is 5.05. The molecular formula is C31H35F3O2. The second kappa shape index (κ2) is 12.4. The van der Waals surface area contributed by atoms with Crippen molar-refractivity contribution < 1.29 is 22.6 Å². The minimum Gasteiger partial charge on any atom is -0.497 e. The van der Waals surface area contributed by atoms with Gasteiger partial charge in [-0.2, -0.15) is 0 Å². The number of methoxy groups -OCH3 is 1. The summed E-state index contributed by atoms with van der Waals surface area (Å²) in [5.41, 5.74) is 3.14. The summed E-state index contributed by atoms with van der Waals surface area (Å²) >= 11 is 0. The standard InChI is InChI=1S/C31H35F3O2/c1-3-4-5-6-21-7-9-22(10-8-21)27-17-18-28(31(34)30(27)33)23-11-14-25(15-12-23)36-20-24-13-16-26(35-2)19-29(24)32/h7-10,13,16-19,23,25H,3-6,11-12,14-15,20H2,1-2H3. The van der Waals surface area contributed by atoms with Crippen molar-refractivity contribution in [3.63, 3.8) is 0 Å². The van der Waals surface area contributed by atoms with E-state index in [9.17, 15) is 4.39 Å². The van der Waals surface area contributed by atoms with Gasteiger partial charge in [0.05, 0.1) is 19.8 Å². The zero-order chi connectivity index (χ0) is 25.5. The van der Waals surface area contributed by atoms with Gasteiger partial charge in [-0.15, -0.1) is 0 Å². The van der Waals surface area contributed by atoms with E-state index in [-0.39, 0.29) is 24.4 Å². The topological polar surface area (TPSA) is 18.5 Å². The first-order valence-corrected chi connectivity index (χ1v) is 13.0. The maximum absolute atomic E-state index is 15.1. The van der Waals surface area contributed by atoms with Crippen molar-refractivity contribution in [2.45, 2.75) is 76.9 Å². The quantitative estimate of drug-likeness (QED) is 0.261. The van der Waals surface area contributed by atoms with Crippen LogP contribution in [-0.2, 0) is 17.8 Å². The number of hydrogen-bond acceptors (Lipinski definition) is 2. The normalized spacial score (nSPS) is 17.8. The van der Waals surface area contributed by atoms with Gasteiger partial charge in [0.15, 0.2) is 11.6 Å². The zero-order valence-electron chi connectivity index (χ0n) is 21.2. The summed E-state index contributed by atoms with van der Waals surface area (Å²) in [4.78, 5) is 0. The number of unbranched alkanes of at least 4 members (excludes halogenated alkanes) is 2. The number of benzene rings is 3. The SMILES string of the molecule is CCCCCc1ccc(-c2ccc(C3CCC(OCc4ccc(OC)cc4F)CC3)c(F)c2F)cc1. The highest BCUT2D eigenvalue weighted by Gasteiger charge is 2.27. The molecule has 192 valence electrons. The van der Waals surface area contributed by atoms with Gasteiger partial charge in [0.25, 0.3) is 0 Å². The zero-order valence-corrected chi connectivity index (χ0v) is 21.2. The van der Waals surface area contributed by atoms with Gasteiger partial charge >= 0.3 is 0 Å². The van der Waals surface area contributed by atoms with Crippen LogP contribution in [0.4, 0.5) is 13.2 Å². The Morgan fingerprint density at radius 3 is 2.25 bits per heavy atom. The molecule has 0 unspecified atom stereocenters. The summed E-state index contributed by atoms with van der Waals surface area (Å²) in [6, 6.07) is 15.9. The van der Waals surface area contributed by atoms with Crippen molar-refractivity contribution in [2.75, 3.05) is 7.11 Å². The Morgan fingerprint density at radius 1 is 0.833 bits per heavy atom. The van der Waals surface area contributed by atoms with Gasteiger partial charge in [-0.3, -0.25) is 0 Å². The van der Waals surface area contributed by atoms with E-state index in [1.807, 2.05) is 24.3 Å². The molecule has 3 aromatic carbocycles. The van der Waals surface area contributed by atoms with Gasteiger partial charge in [-0.25, -0.2) is 13.2 Å². The first-order valence-electron chi connectivity index (χ1n) is 13.0. The van der Waals surface area contributed by atoms with E-state index in [1.54, 1.807) is 24.3 Å². The number of rotatable bonds is 10. The molecule has 0 N–H and O–H groups in total. The lowest BCUT2D eigenvalue weighted by atomic mass is 9.82. The van der Waals surface area contributed by atoms with E-state index >= 15 is 8.78 Å². The summed E-state index contributed by atoms with van der Waals surface area (Å²) in [7, 11) is 1.50. The lowest BCUT2D eigenvalue weighted by molar-refractivity contribution is 0.0118. The van der Waals surface area contributed by atoms with Crippen LogP contribution in [0.3, 0.4) is 0 Å². The van der Waals surface area contributed by atoms with Crippen LogP contribution in [0, 0.1) is 17.5 Å². The van der Waals surface area contributed by atoms with Crippen LogP contribution in [0.2, 0.25) is 0 Å². The molecule has 36 heavy (non-hydrogen) atoms. The Morgan fingerprint density at radius 2 is 1.58 bits per heavy atom. The molecule has 4 rings (SSSR count). The van der Waals surface area contributed by atoms with Crippen molar-refractivity contribution >= 4 is 0 Å². The number of hydrogen-bond donors (Lipinski definition) is 0. The molecule has 1 aliphatic carbocycles. The largest absolute Gasteiger partial charge is 0.497 e. The Hall–Kier alpha value is -2.79. The lowest BCUT2D eigenvalue weighted by Gasteiger charge is -2.29. The fraction of sp³-hybridized carbons (Fsp3) is 0.419. The van der Waals surface area contributed by atoms with Crippen LogP contribution in [0.5, 0.6) is 5.75 Å². The minimum atomic E-state index is -0.778. The smallest absolute Gasteiger partial charge is 0.166 e. The molecule has 0 aromatic heterocycles. The van der Waals surface area contributed by atoms with E-state index in [4.69, 9.17) is 9.47 Å². The molecule has 2 nitrogen and oxygen atoms in total. The second-order valence-corrected chi connectivity index (χ2v) is 9.73. The maximum Gasteiger partial charge on any atom is 0.166 e. The second-order valence-electron chi connectivity index (χ2n) is 9.73. The average molecular weight is 497 g/mol. The molecule has 0 aliphatic heterocycles. The minimum absolute atomic E-state index is 0.0224. The summed E-state index contributed by atoms with van der Waals surface area (Å²) < 4.78 is 55.3. The van der Waals surface area contributed by atoms with Crippen molar-refractivity contribution in [3.05, 3.63) is 88.7 Å². The first-order chi connectivity index (χ1) is 17.5. The van der Waals surface area contributed by atoms with Crippen molar-refractivity contribution in [1.82, 2.24) is 0 Å². The molecule has 0 atom stereocenters. The highest BCUT2D eigenvalue weighted by molar-refractivity contribution is 5.65. The first kappa shape index (κ1) is 26.3. The lowest BCUT2D eigenvalue weighted by Crippen LogP contribution is -2.21. The fourth-order valence-electron chi connectivity index (χ4n) is 5.05. The molecule has 3 aromatic rings. The highest BCUT2D eigenvalue weighted by atomic mass is 19.2. The monoisotopic (exact) mass is 496 g/mol. The van der Waals surface area contributed by atoms with E-state index in [0.717, 1.165) is 25.7 Å². The molecular weight excluding hydrogens is 461 g/mol. The van der Waals surface area contributed by atoms with E-state index in [0.29, 0.717) is 40.8 Å². The van der Waals surface area contributed by atoms with Crippen molar-refractivity contribution in [2.24, 2.45) is 0 Å². The third kappa shape index (κ3) is 6.31. The summed E-state index contributed by atoms with van der Waals surface area (Å²) in [5.74, 6) is -1.46. The third-order valence-electron chi connectivity index (χ3n) is 7.29. The van der Waals surface area contributed by atoms with Gasteiger partial charge < -0.3 is 9.47 Å². The third-order valence-corrected chi connectivity index (χ3v) is 7.29. The summed E-state index contributed by atoms with van der Waals surface area (Å²) in [5, 5.41) is 0. The maximum atomic E-state index is 15.1. The van der Waals surface area contributed by atoms with Crippen LogP contribution in [0.25, 0.3) is 11.1 Å². The highest BCUT2D eigenvalue weighted by Crippen LogP contribution is 2.38. The van der Waals surface area contributed by atoms with Gasteiger partial charge in [0, 0.05) is 17.2 Å². The van der Waals surface area contributed by atoms with Crippen LogP contribution in [-0.4, -0.2) is 13.2 Å². The average Bonchev–Trinajstić information content (AvgIpc) is 2.90. The Balaban J connectivity index is 1.35. The summed E-state index contributed by atoms with van der Waals surface area (Å²) in [6.45, 7) is 2.36. The molecule has 1 fully saturated rings. The number of aryl methyl sites for hydroxylation is 1. The molecule has 0 saturated heterocycles. The van der Waals surface area contributed by atoms with E-state index < -0.39 is 11.6 Å². The number of ether oxygens (including phenoxy) is 2. The van der Waals surface area contributed by atoms with E-state index in [1.165, 1.54) is 31.6 Å². The molecule has 0 amide bonds. The predicted molar refractivity (Wildman–Crippen MR) is 138 cm³/mol. The van der Waals surface area contributed by atoms with Crippen LogP contribution >= 0.6 is 0 Å². The molecule has 5 heteroatoms. The summed E-state index contributed by atoms with van der Waals surface area (Å²) in [6.07, 6.45) is 7.35. The van der Waals surface area contributed by atoms with Crippen LogP contribution < -0.4 is 4.74 Å². The Kier molecular flexibility index (Phi) is 9.08. The van der Waals surface area contributed by atoms with Gasteiger partial charge in [-0.05, 0) is 67.2 Å². The van der Waals surface area contributed by atoms with Crippen molar-refractivity contribution in [3.8, 4) is 16.9 Å². The van der Waals surface area contributed by atoms with Crippen LogP contribution in [0.15, 0.2) is 54.6 Å². The van der Waals surface area contributed by atoms with Crippen LogP contribution in [0.1, 0.15) is 74.5 Å². The molecule has 0 spiro atoms. The predicted octanol–water partition coefficient (Wildman–Crippen LogP) is 8.76. The van der Waals surface area contributed by atoms with Gasteiger partial charge in [-0.1, -0.05) is 62.2 Å². The molecule has 1 aliphatic rings. The van der Waals surface area contributed by atoms with Gasteiger partial charge in [0.2, 0.25) is 0 Å². The molecule has 0 heterocycles. The van der Waals surface area contributed by atoms with E-state index in [2.05, 4.69) is 6.92 Å². The van der Waals surface area contributed by atoms with Crippen molar-refractivity contribution in [1.29, 1.82) is 0 Å². The Bertz CT molecular complexity index is 1140. The Labute approximate surface area is 212 Å². The molecule has 0 radical (unpaired) electrons. The molecule has 0 bridgehead atoms. The number of halogens is 3. The van der Waals surface area contributed by atoms with Gasteiger partial charge in [0.1, 0.15) is 11.6 Å².